The number of amidine groups is 1. The quantitative estimate of drug-likeness (QED) is 0.286. The van der Waals surface area contributed by atoms with Gasteiger partial charge in [0.15, 0.2) is 11.7 Å². The Balaban J connectivity index is 2.22. The molecular weight excluding hydrogens is 403 g/mol. The van der Waals surface area contributed by atoms with E-state index in [1.54, 1.807) is 24.6 Å². The van der Waals surface area contributed by atoms with Crippen molar-refractivity contribution in [2.75, 3.05) is 12.9 Å². The number of pyridine rings is 1. The molecule has 0 fully saturated rings. The molecule has 0 saturated heterocycles. The van der Waals surface area contributed by atoms with Gasteiger partial charge in [0.1, 0.15) is 18.0 Å². The Hall–Kier alpha value is -2.75. The number of halogens is 3. The van der Waals surface area contributed by atoms with Crippen LogP contribution in [0.2, 0.25) is 0 Å². The predicted octanol–water partition coefficient (Wildman–Crippen LogP) is 4.34. The molecule has 1 aromatic carbocycles. The Morgan fingerprint density at radius 2 is 2.00 bits per heavy atom. The summed E-state index contributed by atoms with van der Waals surface area (Å²) >= 11 is 1.47. The van der Waals surface area contributed by atoms with Gasteiger partial charge in [0.05, 0.1) is 16.6 Å². The fourth-order valence-electron chi connectivity index (χ4n) is 2.97. The van der Waals surface area contributed by atoms with Crippen molar-refractivity contribution in [1.82, 2.24) is 14.5 Å². The van der Waals surface area contributed by atoms with E-state index in [0.29, 0.717) is 29.3 Å². The molecule has 0 amide bonds. The maximum Gasteiger partial charge on any atom is 0.416 e. The molecule has 0 aliphatic carbocycles. The lowest BCUT2D eigenvalue weighted by molar-refractivity contribution is -0.137. The first-order valence-corrected chi connectivity index (χ1v) is 9.95. The zero-order valence-electron chi connectivity index (χ0n) is 16.3. The van der Waals surface area contributed by atoms with Gasteiger partial charge in [-0.15, -0.1) is 11.8 Å². The highest BCUT2D eigenvalue weighted by atomic mass is 32.2. The molecule has 0 aliphatic rings. The van der Waals surface area contributed by atoms with Gasteiger partial charge >= 0.3 is 6.18 Å². The SMILES string of the molecule is CCO/N=C(\N)c1cc(C)c(SC)c(-c2nc3cc(C(F)(F)F)ccc3n2C)n1. The number of benzene rings is 1. The summed E-state index contributed by atoms with van der Waals surface area (Å²) in [5, 5.41) is 3.82. The van der Waals surface area contributed by atoms with Crippen molar-refractivity contribution in [2.24, 2.45) is 17.9 Å². The van der Waals surface area contributed by atoms with Crippen LogP contribution in [0.25, 0.3) is 22.6 Å². The van der Waals surface area contributed by atoms with Gasteiger partial charge in [0, 0.05) is 11.9 Å². The molecule has 29 heavy (non-hydrogen) atoms. The number of nitrogens with zero attached hydrogens (tertiary/aromatic N) is 4. The molecule has 10 heteroatoms. The molecule has 0 atom stereocenters. The summed E-state index contributed by atoms with van der Waals surface area (Å²) in [4.78, 5) is 14.9. The molecule has 2 heterocycles. The Kier molecular flexibility index (Phi) is 5.74. The zero-order chi connectivity index (χ0) is 21.3. The number of rotatable bonds is 5. The summed E-state index contributed by atoms with van der Waals surface area (Å²) in [5.41, 5.74) is 7.87. The van der Waals surface area contributed by atoms with Crippen molar-refractivity contribution < 1.29 is 18.0 Å². The van der Waals surface area contributed by atoms with Crippen LogP contribution in [0.5, 0.6) is 0 Å². The monoisotopic (exact) mass is 423 g/mol. The average molecular weight is 423 g/mol. The summed E-state index contributed by atoms with van der Waals surface area (Å²) in [6.07, 6.45) is -2.54. The van der Waals surface area contributed by atoms with Crippen LogP contribution in [0.15, 0.2) is 34.3 Å². The molecule has 154 valence electrons. The molecule has 3 rings (SSSR count). The van der Waals surface area contributed by atoms with Crippen LogP contribution >= 0.6 is 11.8 Å². The highest BCUT2D eigenvalue weighted by molar-refractivity contribution is 7.98. The lowest BCUT2D eigenvalue weighted by Crippen LogP contribution is -2.17. The van der Waals surface area contributed by atoms with Crippen molar-refractivity contribution in [1.29, 1.82) is 0 Å². The largest absolute Gasteiger partial charge is 0.416 e. The first kappa shape index (κ1) is 21.0. The molecular formula is C19H20F3N5OS. The maximum absolute atomic E-state index is 13.1. The second kappa shape index (κ2) is 7.94. The Morgan fingerprint density at radius 1 is 1.28 bits per heavy atom. The first-order valence-electron chi connectivity index (χ1n) is 8.72. The van der Waals surface area contributed by atoms with Crippen molar-refractivity contribution in [2.45, 2.75) is 24.9 Å². The van der Waals surface area contributed by atoms with E-state index in [-0.39, 0.29) is 11.4 Å². The Morgan fingerprint density at radius 3 is 2.62 bits per heavy atom. The minimum atomic E-state index is -4.44. The molecule has 2 N–H and O–H groups in total. The molecule has 0 aliphatic heterocycles. The molecule has 0 unspecified atom stereocenters. The van der Waals surface area contributed by atoms with Crippen molar-refractivity contribution in [3.8, 4) is 11.5 Å². The third-order valence-electron chi connectivity index (χ3n) is 4.34. The molecule has 6 nitrogen and oxygen atoms in total. The Labute approximate surface area is 170 Å². The van der Waals surface area contributed by atoms with E-state index in [2.05, 4.69) is 15.1 Å². The van der Waals surface area contributed by atoms with Crippen LogP contribution in [0.1, 0.15) is 23.7 Å². The topological polar surface area (TPSA) is 78.3 Å². The van der Waals surface area contributed by atoms with E-state index < -0.39 is 11.7 Å². The zero-order valence-corrected chi connectivity index (χ0v) is 17.1. The van der Waals surface area contributed by atoms with Crippen molar-refractivity contribution in [3.63, 3.8) is 0 Å². The normalized spacial score (nSPS) is 12.6. The maximum atomic E-state index is 13.1. The van der Waals surface area contributed by atoms with Gasteiger partial charge in [-0.3, -0.25) is 0 Å². The van der Waals surface area contributed by atoms with E-state index >= 15 is 0 Å². The average Bonchev–Trinajstić information content (AvgIpc) is 3.00. The number of alkyl halides is 3. The standard InChI is InChI=1S/C19H20F3N5OS/c1-5-28-26-17(23)13-8-10(2)16(29-4)15(24-13)18-25-12-9-11(19(20,21)22)6-7-14(12)27(18)3/h6-9H,5H2,1-4H3,(H2,23,26). The molecule has 0 bridgehead atoms. The number of aryl methyl sites for hydroxylation is 2. The first-order chi connectivity index (χ1) is 13.7. The van der Waals surface area contributed by atoms with Gasteiger partial charge in [-0.1, -0.05) is 5.16 Å². The van der Waals surface area contributed by atoms with Crippen molar-refractivity contribution in [3.05, 3.63) is 41.1 Å². The molecule has 0 radical (unpaired) electrons. The number of thioether (sulfide) groups is 1. The van der Waals surface area contributed by atoms with Gasteiger partial charge in [-0.2, -0.15) is 13.2 Å². The van der Waals surface area contributed by atoms with E-state index in [1.165, 1.54) is 17.8 Å². The van der Waals surface area contributed by atoms with Gasteiger partial charge in [-0.25, -0.2) is 9.97 Å². The number of hydrogen-bond donors (Lipinski definition) is 1. The lowest BCUT2D eigenvalue weighted by atomic mass is 10.2. The minimum absolute atomic E-state index is 0.113. The van der Waals surface area contributed by atoms with Gasteiger partial charge in [0.2, 0.25) is 0 Å². The molecule has 0 saturated carbocycles. The van der Waals surface area contributed by atoms with E-state index in [9.17, 15) is 13.2 Å². The van der Waals surface area contributed by atoms with Crippen LogP contribution in [0.4, 0.5) is 13.2 Å². The number of nitrogens with two attached hydrogens (primary N) is 1. The number of fused-ring (bicyclic) bond motifs is 1. The second-order valence-corrected chi connectivity index (χ2v) is 7.11. The smallest absolute Gasteiger partial charge is 0.394 e. The van der Waals surface area contributed by atoms with Crippen LogP contribution < -0.4 is 5.73 Å². The number of aromatic nitrogens is 3. The van der Waals surface area contributed by atoms with Gasteiger partial charge in [0.25, 0.3) is 0 Å². The summed E-state index contributed by atoms with van der Waals surface area (Å²) in [6, 6.07) is 5.29. The minimum Gasteiger partial charge on any atom is -0.394 e. The second-order valence-electron chi connectivity index (χ2n) is 6.30. The highest BCUT2D eigenvalue weighted by Gasteiger charge is 2.31. The van der Waals surface area contributed by atoms with Crippen LogP contribution in [-0.4, -0.2) is 33.2 Å². The van der Waals surface area contributed by atoms with E-state index in [0.717, 1.165) is 22.6 Å². The molecule has 0 spiro atoms. The number of oxime groups is 1. The van der Waals surface area contributed by atoms with E-state index in [4.69, 9.17) is 10.6 Å². The van der Waals surface area contributed by atoms with Crippen LogP contribution in [-0.2, 0) is 18.1 Å². The van der Waals surface area contributed by atoms with Crippen LogP contribution in [0.3, 0.4) is 0 Å². The summed E-state index contributed by atoms with van der Waals surface area (Å²) in [5.74, 6) is 0.555. The number of imidazole rings is 1. The summed E-state index contributed by atoms with van der Waals surface area (Å²) < 4.78 is 40.9. The third-order valence-corrected chi connectivity index (χ3v) is 5.26. The van der Waals surface area contributed by atoms with Gasteiger partial charge in [-0.05, 0) is 49.9 Å². The van der Waals surface area contributed by atoms with Gasteiger partial charge < -0.3 is 15.1 Å². The Bertz CT molecular complexity index is 1090. The highest BCUT2D eigenvalue weighted by Crippen LogP contribution is 2.35. The van der Waals surface area contributed by atoms with Crippen molar-refractivity contribution >= 4 is 28.6 Å². The fourth-order valence-corrected chi connectivity index (χ4v) is 3.68. The third kappa shape index (κ3) is 4.02. The number of hydrogen-bond acceptors (Lipinski definition) is 5. The van der Waals surface area contributed by atoms with Crippen LogP contribution in [0, 0.1) is 6.92 Å². The van der Waals surface area contributed by atoms with E-state index in [1.807, 2.05) is 13.2 Å². The lowest BCUT2D eigenvalue weighted by Gasteiger charge is -2.12. The predicted molar refractivity (Wildman–Crippen MR) is 108 cm³/mol. The fraction of sp³-hybridized carbons (Fsp3) is 0.316. The summed E-state index contributed by atoms with van der Waals surface area (Å²) in [6.45, 7) is 4.05. The molecule has 2 aromatic heterocycles. The summed E-state index contributed by atoms with van der Waals surface area (Å²) in [7, 11) is 1.74. The molecule has 3 aromatic rings.